The Morgan fingerprint density at radius 3 is 1.73 bits per heavy atom. The maximum atomic E-state index is 9.68. The molecule has 0 spiro atoms. The zero-order valence-electron chi connectivity index (χ0n) is 47.7. The lowest BCUT2D eigenvalue weighted by atomic mass is 9.92. The molecule has 10 aromatic rings. The summed E-state index contributed by atoms with van der Waals surface area (Å²) >= 11 is 1.12. The molecule has 0 aliphatic carbocycles. The van der Waals surface area contributed by atoms with E-state index in [9.17, 15) is 5.48 Å². The van der Waals surface area contributed by atoms with Crippen molar-refractivity contribution >= 4 is 64.0 Å². The second-order valence-corrected chi connectivity index (χ2v) is 11.8. The molecule has 3 heteroatoms. The van der Waals surface area contributed by atoms with Crippen LogP contribution in [0.4, 0.5) is 0 Å². The Morgan fingerprint density at radius 1 is 0.429 bits per heavy atom. The quantitative estimate of drug-likeness (QED) is 0.175. The number of hydrogen-bond acceptors (Lipinski definition) is 3. The van der Waals surface area contributed by atoms with Gasteiger partial charge >= 0.3 is 0 Å². The predicted molar refractivity (Wildman–Crippen MR) is 209 cm³/mol. The molecule has 228 valence electrons. The summed E-state index contributed by atoms with van der Waals surface area (Å²) in [7, 11) is 0. The summed E-state index contributed by atoms with van der Waals surface area (Å²) < 4.78 is 203. The standard InChI is InChI=1S/C46H28N2S/c1-2-9-29(10-3-1)30-17-19-31(20-18-30)33-22-24-43-42(27-33)45-46(49-43)44(47-28-48-45)35-12-8-11-32(25-35)34-21-23-40-38-15-5-4-13-36(38)37-14-6-7-16-39(37)41(40)26-34/h1-28H/i1D,2D,3D,4D,5D,6D,7D,9D,10D,11D,12D,13D,14D,15D,16D,17D,18D,19D,20D,21D,23D,25D,26D. The summed E-state index contributed by atoms with van der Waals surface area (Å²) in [5, 5.41) is -1.84. The van der Waals surface area contributed by atoms with Crippen LogP contribution in [0.5, 0.6) is 0 Å². The van der Waals surface area contributed by atoms with Crippen molar-refractivity contribution in [1.29, 1.82) is 0 Å². The predicted octanol–water partition coefficient (Wildman–Crippen LogP) is 13.0. The third-order valence-corrected chi connectivity index (χ3v) is 9.19. The summed E-state index contributed by atoms with van der Waals surface area (Å²) in [6.07, 6.45) is 1.14. The zero-order chi connectivity index (χ0) is 52.3. The van der Waals surface area contributed by atoms with E-state index < -0.39 is 161 Å². The average molecular weight is 664 g/mol. The van der Waals surface area contributed by atoms with E-state index in [0.717, 1.165) is 23.7 Å². The van der Waals surface area contributed by atoms with Gasteiger partial charge in [-0.15, -0.1) is 11.3 Å². The summed E-state index contributed by atoms with van der Waals surface area (Å²) in [5.41, 5.74) is -1.86. The van der Waals surface area contributed by atoms with Gasteiger partial charge in [-0.1, -0.05) is 139 Å². The van der Waals surface area contributed by atoms with Gasteiger partial charge in [0.25, 0.3) is 0 Å². The highest BCUT2D eigenvalue weighted by atomic mass is 32.1. The molecule has 0 atom stereocenters. The smallest absolute Gasteiger partial charge is 0.116 e. The number of benzene rings is 8. The normalized spacial score (nSPS) is 18.2. The molecule has 0 unspecified atom stereocenters. The lowest BCUT2D eigenvalue weighted by Gasteiger charge is -2.12. The Bertz CT molecular complexity index is 4110. The van der Waals surface area contributed by atoms with Crippen LogP contribution in [0, 0.1) is 0 Å². The molecule has 0 radical (unpaired) electrons. The van der Waals surface area contributed by atoms with Crippen LogP contribution in [0.15, 0.2) is 170 Å². The summed E-state index contributed by atoms with van der Waals surface area (Å²) in [6, 6.07) is -9.64. The number of hydrogen-bond donors (Lipinski definition) is 0. The van der Waals surface area contributed by atoms with E-state index in [1.54, 1.807) is 12.1 Å². The lowest BCUT2D eigenvalue weighted by Crippen LogP contribution is -1.88. The van der Waals surface area contributed by atoms with E-state index >= 15 is 0 Å². The van der Waals surface area contributed by atoms with Crippen LogP contribution in [-0.4, -0.2) is 9.97 Å². The first-order valence-corrected chi connectivity index (χ1v) is 15.5. The Kier molecular flexibility index (Phi) is 3.07. The topological polar surface area (TPSA) is 25.8 Å². The minimum atomic E-state index is -0.759. The molecule has 8 aromatic carbocycles. The van der Waals surface area contributed by atoms with Crippen LogP contribution in [0.1, 0.15) is 31.5 Å². The summed E-state index contributed by atoms with van der Waals surface area (Å²) in [5.74, 6) is 0. The molecule has 0 saturated carbocycles. The van der Waals surface area contributed by atoms with Crippen LogP contribution in [0.3, 0.4) is 0 Å². The first kappa shape index (κ1) is 13.4. The largest absolute Gasteiger partial charge is 0.235 e. The van der Waals surface area contributed by atoms with Crippen LogP contribution >= 0.6 is 11.3 Å². The molecule has 0 amide bonds. The monoisotopic (exact) mass is 663 g/mol. The lowest BCUT2D eigenvalue weighted by molar-refractivity contribution is 1.24. The van der Waals surface area contributed by atoms with Crippen molar-refractivity contribution in [3.05, 3.63) is 170 Å². The fourth-order valence-electron chi connectivity index (χ4n) is 5.79. The maximum absolute atomic E-state index is 9.68. The van der Waals surface area contributed by atoms with Gasteiger partial charge in [-0.2, -0.15) is 0 Å². The first-order chi connectivity index (χ1) is 33.9. The van der Waals surface area contributed by atoms with Crippen molar-refractivity contribution < 1.29 is 31.5 Å². The van der Waals surface area contributed by atoms with Gasteiger partial charge in [0.2, 0.25) is 0 Å². The van der Waals surface area contributed by atoms with Crippen LogP contribution in [-0.2, 0) is 0 Å². The highest BCUT2D eigenvalue weighted by Gasteiger charge is 2.15. The Morgan fingerprint density at radius 2 is 1.00 bits per heavy atom. The van der Waals surface area contributed by atoms with Crippen molar-refractivity contribution in [3.8, 4) is 44.6 Å². The molecule has 2 heterocycles. The molecular formula is C46H28N2S. The van der Waals surface area contributed by atoms with Crippen LogP contribution in [0.25, 0.3) is 97.3 Å². The van der Waals surface area contributed by atoms with Gasteiger partial charge in [0.15, 0.2) is 0 Å². The maximum Gasteiger partial charge on any atom is 0.116 e. The van der Waals surface area contributed by atoms with Gasteiger partial charge in [0.05, 0.1) is 47.4 Å². The third-order valence-electron chi connectivity index (χ3n) is 8.02. The molecular weight excluding hydrogens is 613 g/mol. The summed E-state index contributed by atoms with van der Waals surface area (Å²) in [6.45, 7) is 0. The highest BCUT2D eigenvalue weighted by Crippen LogP contribution is 2.41. The molecule has 2 nitrogen and oxygen atoms in total. The zero-order valence-corrected chi connectivity index (χ0v) is 25.5. The second kappa shape index (κ2) is 11.2. The fourth-order valence-corrected chi connectivity index (χ4v) is 6.92. The van der Waals surface area contributed by atoms with Crippen molar-refractivity contribution in [1.82, 2.24) is 9.97 Å². The van der Waals surface area contributed by atoms with Gasteiger partial charge in [-0.3, -0.25) is 0 Å². The van der Waals surface area contributed by atoms with E-state index in [-0.39, 0.29) is 60.9 Å². The molecule has 0 saturated heterocycles. The number of nitrogens with zero attached hydrogens (tertiary/aromatic N) is 2. The Labute approximate surface area is 319 Å². The molecule has 0 aliphatic rings. The second-order valence-electron chi connectivity index (χ2n) is 10.8. The summed E-state index contributed by atoms with van der Waals surface area (Å²) in [4.78, 5) is 8.94. The average Bonchev–Trinajstić information content (AvgIpc) is 3.73. The molecule has 2 aromatic heterocycles. The van der Waals surface area contributed by atoms with Gasteiger partial charge in [-0.25, -0.2) is 9.97 Å². The molecule has 10 rings (SSSR count). The molecule has 0 aliphatic heterocycles. The number of thiophene rings is 1. The number of fused-ring (bicyclic) bond motifs is 9. The SMILES string of the molecule is [2H]c1cc([2H])c(-c2ncnc3c2sc2ccc(-c4c([2H])c([2H])c(-c5c([2H])c([2H])c([2H])c([2H])c5[2H])c([2H])c4[2H])cc23)c([2H])c1-c1c([2H])c([2H])c2c3c([2H])c([2H])c([2H])c([2H])c3c3c([2H])c([2H])c([2H])c([2H])c3c2c1[2H]. The van der Waals surface area contributed by atoms with Crippen LogP contribution in [0.2, 0.25) is 0 Å². The minimum absolute atomic E-state index is 0.00211. The van der Waals surface area contributed by atoms with Crippen molar-refractivity contribution in [3.63, 3.8) is 0 Å². The number of aromatic nitrogens is 2. The van der Waals surface area contributed by atoms with Gasteiger partial charge in [-0.05, 0) is 89.9 Å². The van der Waals surface area contributed by atoms with E-state index in [1.807, 2.05) is 0 Å². The minimum Gasteiger partial charge on any atom is -0.235 e. The van der Waals surface area contributed by atoms with Gasteiger partial charge in [0, 0.05) is 15.6 Å². The van der Waals surface area contributed by atoms with Gasteiger partial charge < -0.3 is 0 Å². The number of rotatable bonds is 4. The molecule has 49 heavy (non-hydrogen) atoms. The van der Waals surface area contributed by atoms with Gasteiger partial charge in [0.1, 0.15) is 6.33 Å². The molecule has 0 bridgehead atoms. The Hall–Kier alpha value is -6.16. The van der Waals surface area contributed by atoms with Crippen molar-refractivity contribution in [2.24, 2.45) is 0 Å². The molecule has 0 N–H and O–H groups in total. The Balaban J connectivity index is 1.21. The molecule has 0 fully saturated rings. The van der Waals surface area contributed by atoms with E-state index in [1.165, 1.54) is 6.07 Å². The van der Waals surface area contributed by atoms with E-state index in [0.29, 0.717) is 14.8 Å². The van der Waals surface area contributed by atoms with E-state index in [2.05, 4.69) is 9.97 Å². The highest BCUT2D eigenvalue weighted by molar-refractivity contribution is 7.26. The van der Waals surface area contributed by atoms with E-state index in [4.69, 9.17) is 26.0 Å². The first-order valence-electron chi connectivity index (χ1n) is 26.2. The fraction of sp³-hybridized carbons (Fsp3) is 0. The third kappa shape index (κ3) is 4.62. The van der Waals surface area contributed by atoms with Crippen molar-refractivity contribution in [2.45, 2.75) is 0 Å². The van der Waals surface area contributed by atoms with Crippen LogP contribution < -0.4 is 0 Å². The van der Waals surface area contributed by atoms with Crippen molar-refractivity contribution in [2.75, 3.05) is 0 Å².